The average molecular weight is 316 g/mol. The topological polar surface area (TPSA) is 0 Å². The Morgan fingerprint density at radius 1 is 0.643 bits per heavy atom. The standard InChI is InChI=1S/C12H26Ge2/c1-5-13(6-2)11-9-10-12-14(7-3)8-4/h9-10H,5-8,11-12H2,1-4H3. The van der Waals surface area contributed by atoms with Crippen LogP contribution in [0.4, 0.5) is 0 Å². The SMILES string of the molecule is C[CH2][Ge]([CH2]C)[CH2]C=C[CH2][Ge]([CH2]C)[CH2]C. The second-order valence-corrected chi connectivity index (χ2v) is 17.7. The van der Waals surface area contributed by atoms with Crippen LogP contribution in [0, 0.1) is 0 Å². The summed E-state index contributed by atoms with van der Waals surface area (Å²) in [5.41, 5.74) is 0. The molecule has 0 saturated heterocycles. The van der Waals surface area contributed by atoms with Crippen molar-refractivity contribution in [2.24, 2.45) is 0 Å². The van der Waals surface area contributed by atoms with Crippen LogP contribution in [0.3, 0.4) is 0 Å². The summed E-state index contributed by atoms with van der Waals surface area (Å²) in [7, 11) is 0. The van der Waals surface area contributed by atoms with Gasteiger partial charge in [-0.05, 0) is 0 Å². The first kappa shape index (κ1) is 14.8. The van der Waals surface area contributed by atoms with Crippen LogP contribution in [0.2, 0.25) is 31.5 Å². The summed E-state index contributed by atoms with van der Waals surface area (Å²) < 4.78 is 0. The van der Waals surface area contributed by atoms with Crippen LogP contribution in [-0.2, 0) is 0 Å². The van der Waals surface area contributed by atoms with Gasteiger partial charge >= 0.3 is 100 Å². The van der Waals surface area contributed by atoms with Crippen LogP contribution in [0.1, 0.15) is 27.7 Å². The van der Waals surface area contributed by atoms with Gasteiger partial charge in [0, 0.05) is 0 Å². The van der Waals surface area contributed by atoms with E-state index in [1.807, 2.05) is 0 Å². The molecule has 0 unspecified atom stereocenters. The van der Waals surface area contributed by atoms with Crippen molar-refractivity contribution in [1.82, 2.24) is 0 Å². The van der Waals surface area contributed by atoms with Gasteiger partial charge in [0.2, 0.25) is 0 Å². The summed E-state index contributed by atoms with van der Waals surface area (Å²) in [4.78, 5) is 0. The van der Waals surface area contributed by atoms with E-state index in [9.17, 15) is 0 Å². The van der Waals surface area contributed by atoms with E-state index < -0.39 is 28.7 Å². The van der Waals surface area contributed by atoms with Gasteiger partial charge in [-0.15, -0.1) is 0 Å². The molecule has 0 nitrogen and oxygen atoms in total. The number of hydrogen-bond acceptors (Lipinski definition) is 0. The predicted molar refractivity (Wildman–Crippen MR) is 72.2 cm³/mol. The van der Waals surface area contributed by atoms with E-state index >= 15 is 0 Å². The van der Waals surface area contributed by atoms with Crippen molar-refractivity contribution in [2.45, 2.75) is 59.2 Å². The van der Waals surface area contributed by atoms with Crippen molar-refractivity contribution in [2.75, 3.05) is 0 Å². The van der Waals surface area contributed by atoms with Crippen molar-refractivity contribution in [3.63, 3.8) is 0 Å². The summed E-state index contributed by atoms with van der Waals surface area (Å²) in [5, 5.41) is 8.98. The van der Waals surface area contributed by atoms with Gasteiger partial charge in [0.05, 0.1) is 0 Å². The molecule has 0 aliphatic carbocycles. The van der Waals surface area contributed by atoms with Crippen LogP contribution in [0.15, 0.2) is 12.2 Å². The number of rotatable bonds is 8. The Bertz CT molecular complexity index is 119. The third kappa shape index (κ3) is 7.16. The van der Waals surface area contributed by atoms with Gasteiger partial charge in [0.1, 0.15) is 0 Å². The van der Waals surface area contributed by atoms with Gasteiger partial charge in [0.15, 0.2) is 0 Å². The van der Waals surface area contributed by atoms with Gasteiger partial charge in [0.25, 0.3) is 0 Å². The second kappa shape index (κ2) is 10.3. The Labute approximate surface area is 99.8 Å². The molecular formula is C12H26Ge2. The van der Waals surface area contributed by atoms with E-state index in [2.05, 4.69) is 39.8 Å². The van der Waals surface area contributed by atoms with Crippen LogP contribution in [0.5, 0.6) is 0 Å². The quantitative estimate of drug-likeness (QED) is 0.453. The van der Waals surface area contributed by atoms with Gasteiger partial charge in [-0.3, -0.25) is 0 Å². The zero-order valence-electron chi connectivity index (χ0n) is 10.4. The van der Waals surface area contributed by atoms with E-state index in [1.165, 1.54) is 31.5 Å². The molecular weight excluding hydrogens is 289 g/mol. The zero-order valence-corrected chi connectivity index (χ0v) is 14.6. The minimum atomic E-state index is -0.595. The molecule has 0 aromatic rings. The van der Waals surface area contributed by atoms with Crippen molar-refractivity contribution in [3.05, 3.63) is 12.2 Å². The average Bonchev–Trinajstić information content (AvgIpc) is 2.24. The van der Waals surface area contributed by atoms with E-state index in [1.54, 1.807) is 0 Å². The van der Waals surface area contributed by atoms with Gasteiger partial charge in [-0.1, -0.05) is 0 Å². The molecule has 0 aromatic carbocycles. The van der Waals surface area contributed by atoms with Gasteiger partial charge in [-0.2, -0.15) is 0 Å². The molecule has 0 rings (SSSR count). The Balaban J connectivity index is 3.61. The fourth-order valence-corrected chi connectivity index (χ4v) is 8.20. The van der Waals surface area contributed by atoms with E-state index in [-0.39, 0.29) is 0 Å². The molecule has 82 valence electrons. The Morgan fingerprint density at radius 3 is 1.14 bits per heavy atom. The summed E-state index contributed by atoms with van der Waals surface area (Å²) in [6.07, 6.45) is 5.03. The maximum absolute atomic E-state index is 2.51. The van der Waals surface area contributed by atoms with E-state index in [4.69, 9.17) is 0 Å². The molecule has 0 amide bonds. The molecule has 0 atom stereocenters. The monoisotopic (exact) mass is 318 g/mol. The molecule has 14 heavy (non-hydrogen) atoms. The maximum atomic E-state index is 2.51. The first-order valence-electron chi connectivity index (χ1n) is 6.10. The van der Waals surface area contributed by atoms with Crippen LogP contribution < -0.4 is 0 Å². The molecule has 0 saturated carbocycles. The molecule has 0 heterocycles. The van der Waals surface area contributed by atoms with Crippen LogP contribution in [0.25, 0.3) is 0 Å². The second-order valence-electron chi connectivity index (χ2n) is 3.79. The molecule has 2 radical (unpaired) electrons. The molecule has 0 fully saturated rings. The van der Waals surface area contributed by atoms with Crippen LogP contribution in [-0.4, -0.2) is 28.7 Å². The fourth-order valence-electron chi connectivity index (χ4n) is 1.58. The molecule has 0 N–H and O–H groups in total. The Kier molecular flexibility index (Phi) is 11.0. The summed E-state index contributed by atoms with van der Waals surface area (Å²) in [6, 6.07) is 0. The van der Waals surface area contributed by atoms with Gasteiger partial charge in [-0.25, -0.2) is 0 Å². The summed E-state index contributed by atoms with van der Waals surface area (Å²) in [6.45, 7) is 9.52. The van der Waals surface area contributed by atoms with Crippen LogP contribution >= 0.6 is 0 Å². The van der Waals surface area contributed by atoms with Crippen molar-refractivity contribution >= 4 is 28.7 Å². The molecule has 2 heteroatoms. The fraction of sp³-hybridized carbons (Fsp3) is 0.833. The molecule has 0 bridgehead atoms. The molecule has 0 aromatic heterocycles. The summed E-state index contributed by atoms with van der Waals surface area (Å²) in [5.74, 6) is 0. The van der Waals surface area contributed by atoms with E-state index in [0.717, 1.165) is 0 Å². The Hall–Kier alpha value is 0.826. The number of allylic oxidation sites excluding steroid dienone is 2. The molecule has 0 aliphatic heterocycles. The molecule has 0 aliphatic rings. The zero-order chi connectivity index (χ0) is 10.8. The first-order valence-corrected chi connectivity index (χ1v) is 15.0. The van der Waals surface area contributed by atoms with Crippen molar-refractivity contribution < 1.29 is 0 Å². The van der Waals surface area contributed by atoms with Gasteiger partial charge < -0.3 is 0 Å². The third-order valence-electron chi connectivity index (χ3n) is 2.98. The summed E-state index contributed by atoms with van der Waals surface area (Å²) >= 11 is -1.19. The van der Waals surface area contributed by atoms with E-state index in [0.29, 0.717) is 0 Å². The van der Waals surface area contributed by atoms with Crippen molar-refractivity contribution in [3.8, 4) is 0 Å². The predicted octanol–water partition coefficient (Wildman–Crippen LogP) is 4.61. The number of hydrogen-bond donors (Lipinski definition) is 0. The molecule has 0 spiro atoms. The Morgan fingerprint density at radius 2 is 0.929 bits per heavy atom. The third-order valence-corrected chi connectivity index (χ3v) is 14.8. The first-order chi connectivity index (χ1) is 6.78. The minimum absolute atomic E-state index is 0.595. The normalized spacial score (nSPS) is 12.1. The van der Waals surface area contributed by atoms with Crippen molar-refractivity contribution in [1.29, 1.82) is 0 Å².